The lowest BCUT2D eigenvalue weighted by atomic mass is 10.3. The second kappa shape index (κ2) is 4.92. The van der Waals surface area contributed by atoms with E-state index in [9.17, 15) is 8.78 Å². The van der Waals surface area contributed by atoms with Crippen molar-refractivity contribution in [3.05, 3.63) is 47.5 Å². The van der Waals surface area contributed by atoms with Gasteiger partial charge in [0.25, 0.3) is 0 Å². The number of hydrogen-bond donors (Lipinski definition) is 2. The monoisotopic (exact) mass is 239 g/mol. The van der Waals surface area contributed by atoms with Crippen molar-refractivity contribution >= 4 is 0 Å². The number of nitrogens with zero attached hydrogens (tertiary/aromatic N) is 1. The van der Waals surface area contributed by atoms with Crippen LogP contribution in [0, 0.1) is 11.6 Å². The van der Waals surface area contributed by atoms with Crippen molar-refractivity contribution in [3.8, 4) is 5.75 Å². The number of benzene rings is 1. The van der Waals surface area contributed by atoms with Crippen LogP contribution in [0.3, 0.4) is 0 Å². The molecule has 0 radical (unpaired) electrons. The molecule has 6 heteroatoms. The predicted molar refractivity (Wildman–Crippen MR) is 57.2 cm³/mol. The van der Waals surface area contributed by atoms with Crippen LogP contribution in [-0.4, -0.2) is 9.97 Å². The molecule has 1 aromatic carbocycles. The Bertz CT molecular complexity index is 513. The SMILES string of the molecule is NCc1cnc(COc2ccc(F)c(F)c2)[nH]1. The highest BCUT2D eigenvalue weighted by atomic mass is 19.2. The quantitative estimate of drug-likeness (QED) is 0.853. The van der Waals surface area contributed by atoms with Gasteiger partial charge in [-0.05, 0) is 12.1 Å². The van der Waals surface area contributed by atoms with E-state index in [1.165, 1.54) is 6.07 Å². The average molecular weight is 239 g/mol. The number of nitrogens with one attached hydrogen (secondary N) is 1. The smallest absolute Gasteiger partial charge is 0.162 e. The fraction of sp³-hybridized carbons (Fsp3) is 0.182. The van der Waals surface area contributed by atoms with E-state index in [4.69, 9.17) is 10.5 Å². The van der Waals surface area contributed by atoms with Gasteiger partial charge in [-0.2, -0.15) is 0 Å². The minimum Gasteiger partial charge on any atom is -0.486 e. The molecule has 90 valence electrons. The lowest BCUT2D eigenvalue weighted by Gasteiger charge is -2.04. The molecule has 1 heterocycles. The normalized spacial score (nSPS) is 10.5. The van der Waals surface area contributed by atoms with Crippen LogP contribution in [0.2, 0.25) is 0 Å². The molecule has 0 saturated heterocycles. The fourth-order valence-electron chi connectivity index (χ4n) is 1.30. The standard InChI is InChI=1S/C11H11F2N3O/c12-9-2-1-8(3-10(9)13)17-6-11-15-5-7(4-14)16-11/h1-3,5H,4,6,14H2,(H,15,16). The number of rotatable bonds is 4. The highest BCUT2D eigenvalue weighted by Crippen LogP contribution is 2.16. The van der Waals surface area contributed by atoms with Gasteiger partial charge in [-0.1, -0.05) is 0 Å². The predicted octanol–water partition coefficient (Wildman–Crippen LogP) is 1.73. The first-order valence-corrected chi connectivity index (χ1v) is 4.99. The van der Waals surface area contributed by atoms with Gasteiger partial charge in [0.15, 0.2) is 11.6 Å². The molecule has 0 aliphatic rings. The molecule has 0 fully saturated rings. The van der Waals surface area contributed by atoms with E-state index >= 15 is 0 Å². The average Bonchev–Trinajstić information content (AvgIpc) is 2.79. The van der Waals surface area contributed by atoms with Gasteiger partial charge in [0.1, 0.15) is 18.2 Å². The van der Waals surface area contributed by atoms with Gasteiger partial charge in [-0.3, -0.25) is 0 Å². The van der Waals surface area contributed by atoms with Gasteiger partial charge < -0.3 is 15.5 Å². The first-order valence-electron chi connectivity index (χ1n) is 4.99. The fourth-order valence-corrected chi connectivity index (χ4v) is 1.30. The van der Waals surface area contributed by atoms with Gasteiger partial charge in [0.2, 0.25) is 0 Å². The van der Waals surface area contributed by atoms with Gasteiger partial charge in [-0.25, -0.2) is 13.8 Å². The third-order valence-electron chi connectivity index (χ3n) is 2.17. The van der Waals surface area contributed by atoms with E-state index in [-0.39, 0.29) is 12.4 Å². The molecule has 3 N–H and O–H groups in total. The number of aromatic nitrogens is 2. The molecule has 0 atom stereocenters. The van der Waals surface area contributed by atoms with Crippen molar-refractivity contribution in [2.24, 2.45) is 5.73 Å². The molecule has 4 nitrogen and oxygen atoms in total. The molecule has 0 aliphatic carbocycles. The minimum absolute atomic E-state index is 0.144. The summed E-state index contributed by atoms with van der Waals surface area (Å²) >= 11 is 0. The lowest BCUT2D eigenvalue weighted by Crippen LogP contribution is -2.00. The van der Waals surface area contributed by atoms with Crippen molar-refractivity contribution in [2.45, 2.75) is 13.2 Å². The first-order chi connectivity index (χ1) is 8.19. The molecule has 17 heavy (non-hydrogen) atoms. The highest BCUT2D eigenvalue weighted by molar-refractivity contribution is 5.23. The summed E-state index contributed by atoms with van der Waals surface area (Å²) in [6, 6.07) is 3.35. The third kappa shape index (κ3) is 2.79. The molecule has 0 bridgehead atoms. The second-order valence-electron chi connectivity index (χ2n) is 3.42. The largest absolute Gasteiger partial charge is 0.486 e. The van der Waals surface area contributed by atoms with Gasteiger partial charge in [-0.15, -0.1) is 0 Å². The van der Waals surface area contributed by atoms with Crippen molar-refractivity contribution in [2.75, 3.05) is 0 Å². The molecule has 0 aliphatic heterocycles. The molecular formula is C11H11F2N3O. The Labute approximate surface area is 96.4 Å². The van der Waals surface area contributed by atoms with Crippen LogP contribution in [0.4, 0.5) is 8.78 Å². The number of ether oxygens (including phenoxy) is 1. The van der Waals surface area contributed by atoms with E-state index in [0.29, 0.717) is 12.4 Å². The Morgan fingerprint density at radius 3 is 2.76 bits per heavy atom. The summed E-state index contributed by atoms with van der Waals surface area (Å²) in [4.78, 5) is 6.94. The number of imidazole rings is 1. The van der Waals surface area contributed by atoms with Crippen LogP contribution >= 0.6 is 0 Å². The maximum atomic E-state index is 12.9. The van der Waals surface area contributed by atoms with E-state index in [0.717, 1.165) is 17.8 Å². The van der Waals surface area contributed by atoms with Gasteiger partial charge in [0, 0.05) is 24.5 Å². The molecule has 0 saturated carbocycles. The summed E-state index contributed by atoms with van der Waals surface area (Å²) in [5.74, 6) is -1.02. The van der Waals surface area contributed by atoms with Crippen molar-refractivity contribution in [3.63, 3.8) is 0 Å². The lowest BCUT2D eigenvalue weighted by molar-refractivity contribution is 0.294. The van der Waals surface area contributed by atoms with Crippen molar-refractivity contribution < 1.29 is 13.5 Å². The Kier molecular flexibility index (Phi) is 3.34. The number of H-pyrrole nitrogens is 1. The van der Waals surface area contributed by atoms with Crippen LogP contribution < -0.4 is 10.5 Å². The zero-order valence-electron chi connectivity index (χ0n) is 8.91. The Morgan fingerprint density at radius 1 is 1.29 bits per heavy atom. The molecule has 2 aromatic rings. The van der Waals surface area contributed by atoms with Crippen molar-refractivity contribution in [1.82, 2.24) is 9.97 Å². The van der Waals surface area contributed by atoms with Crippen molar-refractivity contribution in [1.29, 1.82) is 0 Å². The number of hydrogen-bond acceptors (Lipinski definition) is 3. The Balaban J connectivity index is 1.99. The molecule has 0 spiro atoms. The maximum Gasteiger partial charge on any atom is 0.162 e. The summed E-state index contributed by atoms with van der Waals surface area (Å²) in [5.41, 5.74) is 6.19. The number of aromatic amines is 1. The van der Waals surface area contributed by atoms with Crippen LogP contribution in [0.25, 0.3) is 0 Å². The highest BCUT2D eigenvalue weighted by Gasteiger charge is 2.04. The van der Waals surface area contributed by atoms with Crippen LogP contribution in [0.1, 0.15) is 11.5 Å². The molecule has 2 rings (SSSR count). The Hall–Kier alpha value is -1.95. The second-order valence-corrected chi connectivity index (χ2v) is 3.42. The molecular weight excluding hydrogens is 228 g/mol. The Morgan fingerprint density at radius 2 is 2.12 bits per heavy atom. The topological polar surface area (TPSA) is 63.9 Å². The zero-order chi connectivity index (χ0) is 12.3. The summed E-state index contributed by atoms with van der Waals surface area (Å²) < 4.78 is 30.8. The minimum atomic E-state index is -0.940. The first kappa shape index (κ1) is 11.5. The zero-order valence-corrected chi connectivity index (χ0v) is 8.91. The van der Waals surface area contributed by atoms with Crippen LogP contribution in [-0.2, 0) is 13.2 Å². The summed E-state index contributed by atoms with van der Waals surface area (Å²) in [6.45, 7) is 0.503. The van der Waals surface area contributed by atoms with Gasteiger partial charge >= 0.3 is 0 Å². The van der Waals surface area contributed by atoms with Crippen LogP contribution in [0.5, 0.6) is 5.75 Å². The van der Waals surface area contributed by atoms with Crippen LogP contribution in [0.15, 0.2) is 24.4 Å². The summed E-state index contributed by atoms with van der Waals surface area (Å²) in [7, 11) is 0. The van der Waals surface area contributed by atoms with E-state index in [1.807, 2.05) is 0 Å². The van der Waals surface area contributed by atoms with E-state index < -0.39 is 11.6 Å². The van der Waals surface area contributed by atoms with E-state index in [1.54, 1.807) is 6.20 Å². The molecule has 1 aromatic heterocycles. The third-order valence-corrected chi connectivity index (χ3v) is 2.17. The van der Waals surface area contributed by atoms with Gasteiger partial charge in [0.05, 0.1) is 0 Å². The number of halogens is 2. The molecule has 0 unspecified atom stereocenters. The maximum absolute atomic E-state index is 12.9. The molecule has 0 amide bonds. The summed E-state index contributed by atoms with van der Waals surface area (Å²) in [5, 5.41) is 0. The number of nitrogens with two attached hydrogens (primary N) is 1. The summed E-state index contributed by atoms with van der Waals surface area (Å²) in [6.07, 6.45) is 1.60. The van der Waals surface area contributed by atoms with E-state index in [2.05, 4.69) is 9.97 Å².